The number of ether oxygens (including phenoxy) is 2. The van der Waals surface area contributed by atoms with Crippen LogP contribution in [0, 0.1) is 17.3 Å². The maximum atomic E-state index is 13.6. The minimum atomic E-state index is -0.561. The van der Waals surface area contributed by atoms with E-state index in [0.717, 1.165) is 19.3 Å². The molecule has 0 N–H and O–H groups in total. The van der Waals surface area contributed by atoms with Gasteiger partial charge in [0, 0.05) is 23.8 Å². The Hall–Kier alpha value is -1.87. The maximum Gasteiger partial charge on any atom is 0.189 e. The lowest BCUT2D eigenvalue weighted by Gasteiger charge is -2.55. The van der Waals surface area contributed by atoms with E-state index in [1.165, 1.54) is 16.7 Å². The summed E-state index contributed by atoms with van der Waals surface area (Å²) in [6.45, 7) is 14.8. The van der Waals surface area contributed by atoms with Crippen LogP contribution in [0.15, 0.2) is 59.4 Å². The second-order valence-corrected chi connectivity index (χ2v) is 8.99. The summed E-state index contributed by atoms with van der Waals surface area (Å²) in [6.07, 6.45) is 13.5. The van der Waals surface area contributed by atoms with Crippen LogP contribution < -0.4 is 0 Å². The van der Waals surface area contributed by atoms with E-state index in [0.29, 0.717) is 12.2 Å². The monoisotopic (exact) mass is 382 g/mol. The van der Waals surface area contributed by atoms with Crippen LogP contribution in [0.4, 0.5) is 0 Å². The molecule has 1 saturated heterocycles. The number of ketones is 1. The van der Waals surface area contributed by atoms with Crippen LogP contribution in [-0.4, -0.2) is 18.2 Å². The fraction of sp³-hybridized carbons (Fsp3) is 0.560. The zero-order valence-corrected chi connectivity index (χ0v) is 18.0. The molecule has 4 atom stereocenters. The van der Waals surface area contributed by atoms with Crippen molar-refractivity contribution in [1.82, 2.24) is 0 Å². The van der Waals surface area contributed by atoms with Crippen molar-refractivity contribution in [2.45, 2.75) is 65.9 Å². The second-order valence-electron chi connectivity index (χ2n) is 8.99. The van der Waals surface area contributed by atoms with E-state index in [9.17, 15) is 4.79 Å². The van der Waals surface area contributed by atoms with Crippen LogP contribution in [0.5, 0.6) is 0 Å². The van der Waals surface area contributed by atoms with Gasteiger partial charge >= 0.3 is 0 Å². The molecule has 3 nitrogen and oxygen atoms in total. The molecule has 3 heteroatoms. The summed E-state index contributed by atoms with van der Waals surface area (Å²) in [5.74, 6) is 1.08. The van der Waals surface area contributed by atoms with Gasteiger partial charge in [-0.05, 0) is 59.8 Å². The lowest BCUT2D eigenvalue weighted by atomic mass is 9.49. The molecule has 1 aliphatic heterocycles. The molecule has 1 heterocycles. The maximum absolute atomic E-state index is 13.6. The van der Waals surface area contributed by atoms with Crippen LogP contribution in [0.2, 0.25) is 0 Å². The summed E-state index contributed by atoms with van der Waals surface area (Å²) in [5.41, 5.74) is 2.74. The highest BCUT2D eigenvalue weighted by atomic mass is 16.7. The number of hydrogen-bond acceptors (Lipinski definition) is 3. The Balaban J connectivity index is 2.18. The number of carbonyl (C=O) groups excluding carboxylic acids is 1. The second kappa shape index (κ2) is 7.87. The van der Waals surface area contributed by atoms with Gasteiger partial charge in [-0.15, -0.1) is 6.58 Å². The lowest BCUT2D eigenvalue weighted by Crippen LogP contribution is -2.59. The van der Waals surface area contributed by atoms with E-state index >= 15 is 0 Å². The van der Waals surface area contributed by atoms with E-state index in [-0.39, 0.29) is 24.4 Å². The molecule has 152 valence electrons. The van der Waals surface area contributed by atoms with Crippen LogP contribution in [0.25, 0.3) is 0 Å². The quantitative estimate of drug-likeness (QED) is 0.524. The molecule has 0 amide bonds. The Morgan fingerprint density at radius 2 is 1.93 bits per heavy atom. The molecule has 0 aromatic rings. The van der Waals surface area contributed by atoms with Gasteiger partial charge in [-0.2, -0.15) is 0 Å². The molecular formula is C25H34O3. The Kier molecular flexibility index (Phi) is 5.86. The van der Waals surface area contributed by atoms with Gasteiger partial charge < -0.3 is 9.47 Å². The van der Waals surface area contributed by atoms with Gasteiger partial charge in [-0.3, -0.25) is 4.79 Å². The standard InChI is InChI=1S/C25H34O3/c1-7-13-24-20(10-8-17(2)3)19(6)9-11-21(24)25(14-12-18(4)5)23(15-22(24)26)27-16-28-25/h7-9,12,15,20-21H,1,10-11,13-14,16H2,2-6H3. The average molecular weight is 383 g/mol. The molecule has 0 aromatic heterocycles. The van der Waals surface area contributed by atoms with Gasteiger partial charge in [0.1, 0.15) is 11.4 Å². The lowest BCUT2D eigenvalue weighted by molar-refractivity contribution is -0.146. The largest absolute Gasteiger partial charge is 0.469 e. The number of carbonyl (C=O) groups is 1. The zero-order chi connectivity index (χ0) is 20.5. The summed E-state index contributed by atoms with van der Waals surface area (Å²) in [6, 6.07) is 0. The highest BCUT2D eigenvalue weighted by molar-refractivity contribution is 5.98. The molecule has 0 aromatic carbocycles. The molecular weight excluding hydrogens is 348 g/mol. The predicted molar refractivity (Wildman–Crippen MR) is 114 cm³/mol. The molecule has 3 aliphatic rings. The van der Waals surface area contributed by atoms with Crippen LogP contribution in [0.3, 0.4) is 0 Å². The Bertz CT molecular complexity index is 774. The third-order valence-corrected chi connectivity index (χ3v) is 6.76. The third-order valence-electron chi connectivity index (χ3n) is 6.76. The van der Waals surface area contributed by atoms with Crippen LogP contribution in [-0.2, 0) is 14.3 Å². The van der Waals surface area contributed by atoms with Crippen molar-refractivity contribution < 1.29 is 14.3 Å². The molecule has 0 radical (unpaired) electrons. The molecule has 0 saturated carbocycles. The molecule has 0 bridgehead atoms. The van der Waals surface area contributed by atoms with E-state index in [4.69, 9.17) is 9.47 Å². The van der Waals surface area contributed by atoms with Crippen molar-refractivity contribution in [3.05, 3.63) is 59.4 Å². The van der Waals surface area contributed by atoms with Gasteiger partial charge in [0.2, 0.25) is 0 Å². The number of fused-ring (bicyclic) bond motifs is 3. The Morgan fingerprint density at radius 3 is 2.57 bits per heavy atom. The van der Waals surface area contributed by atoms with Gasteiger partial charge in [0.15, 0.2) is 12.6 Å². The third kappa shape index (κ3) is 3.24. The Labute approximate surface area is 169 Å². The fourth-order valence-electron chi connectivity index (χ4n) is 5.37. The van der Waals surface area contributed by atoms with E-state index < -0.39 is 11.0 Å². The van der Waals surface area contributed by atoms with Gasteiger partial charge in [-0.25, -0.2) is 0 Å². The minimum Gasteiger partial charge on any atom is -0.469 e. The molecule has 0 spiro atoms. The van der Waals surface area contributed by atoms with Crippen molar-refractivity contribution in [3.8, 4) is 0 Å². The first-order valence-corrected chi connectivity index (χ1v) is 10.4. The van der Waals surface area contributed by atoms with Gasteiger partial charge in [-0.1, -0.05) is 41.0 Å². The molecule has 4 unspecified atom stereocenters. The van der Waals surface area contributed by atoms with Gasteiger partial charge in [0.05, 0.1) is 0 Å². The summed E-state index contributed by atoms with van der Waals surface area (Å²) in [4.78, 5) is 13.6. The van der Waals surface area contributed by atoms with E-state index in [2.05, 4.69) is 59.4 Å². The normalized spacial score (nSPS) is 33.7. The first kappa shape index (κ1) is 20.9. The Morgan fingerprint density at radius 1 is 1.21 bits per heavy atom. The average Bonchev–Trinajstić information content (AvgIpc) is 3.03. The topological polar surface area (TPSA) is 35.5 Å². The van der Waals surface area contributed by atoms with E-state index in [1.54, 1.807) is 6.08 Å². The van der Waals surface area contributed by atoms with Crippen LogP contribution in [0.1, 0.15) is 60.3 Å². The summed E-state index contributed by atoms with van der Waals surface area (Å²) >= 11 is 0. The van der Waals surface area contributed by atoms with Crippen molar-refractivity contribution in [3.63, 3.8) is 0 Å². The summed E-state index contributed by atoms with van der Waals surface area (Å²) < 4.78 is 12.2. The molecule has 28 heavy (non-hydrogen) atoms. The van der Waals surface area contributed by atoms with Gasteiger partial charge in [0.25, 0.3) is 0 Å². The van der Waals surface area contributed by atoms with Crippen molar-refractivity contribution in [2.75, 3.05) is 6.79 Å². The van der Waals surface area contributed by atoms with Crippen molar-refractivity contribution in [2.24, 2.45) is 17.3 Å². The fourth-order valence-corrected chi connectivity index (χ4v) is 5.37. The summed E-state index contributed by atoms with van der Waals surface area (Å²) in [7, 11) is 0. The number of allylic oxidation sites excluding steroid dienone is 7. The number of rotatable bonds is 6. The minimum absolute atomic E-state index is 0.0443. The highest BCUT2D eigenvalue weighted by Gasteiger charge is 2.64. The SMILES string of the molecule is C=CCC12C(=O)C=C3OCOC3(CC=C(C)C)C1CC=C(C)C2CC=C(C)C. The smallest absolute Gasteiger partial charge is 0.189 e. The number of hydrogen-bond donors (Lipinski definition) is 0. The highest BCUT2D eigenvalue weighted by Crippen LogP contribution is 2.61. The van der Waals surface area contributed by atoms with Crippen LogP contribution >= 0.6 is 0 Å². The van der Waals surface area contributed by atoms with E-state index in [1.807, 2.05) is 6.08 Å². The van der Waals surface area contributed by atoms with Crippen molar-refractivity contribution in [1.29, 1.82) is 0 Å². The predicted octanol–water partition coefficient (Wildman–Crippen LogP) is 6.05. The zero-order valence-electron chi connectivity index (χ0n) is 18.0. The molecule has 1 fully saturated rings. The first-order valence-electron chi connectivity index (χ1n) is 10.4. The summed E-state index contributed by atoms with van der Waals surface area (Å²) in [5, 5.41) is 0. The molecule has 3 rings (SSSR count). The van der Waals surface area contributed by atoms with Crippen molar-refractivity contribution >= 4 is 5.78 Å². The first-order chi connectivity index (χ1) is 13.3. The molecule has 2 aliphatic carbocycles.